The van der Waals surface area contributed by atoms with Crippen LogP contribution in [0.4, 0.5) is 0 Å². The summed E-state index contributed by atoms with van der Waals surface area (Å²) >= 11 is 13.4. The molecule has 0 aliphatic carbocycles. The first-order valence-electron chi connectivity index (χ1n) is 3.09. The minimum absolute atomic E-state index is 0.695. The average molecular weight is 203 g/mol. The van der Waals surface area contributed by atoms with Gasteiger partial charge in [0.25, 0.3) is 0 Å². The summed E-state index contributed by atoms with van der Waals surface area (Å²) in [7, 11) is 0. The summed E-state index contributed by atoms with van der Waals surface area (Å²) in [5.74, 6) is 0. The Balaban J connectivity index is 2.91. The zero-order valence-electron chi connectivity index (χ0n) is 5.47. The first kappa shape index (κ1) is 7.41. The van der Waals surface area contributed by atoms with E-state index in [-0.39, 0.29) is 0 Å². The number of rotatable bonds is 0. The molecule has 0 aliphatic heterocycles. The Morgan fingerprint density at radius 2 is 2.00 bits per heavy atom. The van der Waals surface area contributed by atoms with Gasteiger partial charge in [-0.05, 0) is 29.0 Å². The highest BCUT2D eigenvalue weighted by atomic mass is 35.5. The summed E-state index contributed by atoms with van der Waals surface area (Å²) in [4.78, 5) is 0. The van der Waals surface area contributed by atoms with Crippen molar-refractivity contribution >= 4 is 44.6 Å². The normalized spacial score (nSPS) is 10.7. The number of hydrogen-bond donors (Lipinski definition) is 0. The second-order valence-electron chi connectivity index (χ2n) is 2.23. The van der Waals surface area contributed by atoms with E-state index in [2.05, 4.69) is 0 Å². The quantitative estimate of drug-likeness (QED) is 0.601. The molecule has 1 aromatic carbocycles. The number of fused-ring (bicyclic) bond motifs is 1. The van der Waals surface area contributed by atoms with Crippen molar-refractivity contribution in [3.63, 3.8) is 0 Å². The number of thiophene rings is 1. The van der Waals surface area contributed by atoms with Gasteiger partial charge < -0.3 is 0 Å². The highest BCUT2D eigenvalue weighted by molar-refractivity contribution is 7.17. The predicted molar refractivity (Wildman–Crippen MR) is 51.8 cm³/mol. The van der Waals surface area contributed by atoms with Crippen LogP contribution >= 0.6 is 34.5 Å². The van der Waals surface area contributed by atoms with E-state index < -0.39 is 0 Å². The van der Waals surface area contributed by atoms with Crippen LogP contribution in [-0.4, -0.2) is 0 Å². The summed E-state index contributed by atoms with van der Waals surface area (Å²) in [5, 5.41) is 4.56. The van der Waals surface area contributed by atoms with E-state index in [0.717, 1.165) is 15.1 Å². The second kappa shape index (κ2) is 2.67. The van der Waals surface area contributed by atoms with E-state index in [4.69, 9.17) is 23.2 Å². The van der Waals surface area contributed by atoms with E-state index in [0.29, 0.717) is 5.02 Å². The van der Waals surface area contributed by atoms with Crippen LogP contribution in [0.25, 0.3) is 10.1 Å². The summed E-state index contributed by atoms with van der Waals surface area (Å²) in [6.45, 7) is 0. The molecule has 0 unspecified atom stereocenters. The maximum atomic E-state index is 5.93. The number of halogens is 2. The van der Waals surface area contributed by atoms with Crippen molar-refractivity contribution in [2.45, 2.75) is 0 Å². The molecule has 1 aromatic heterocycles. The van der Waals surface area contributed by atoms with Crippen LogP contribution in [0.5, 0.6) is 0 Å². The van der Waals surface area contributed by atoms with Crippen molar-refractivity contribution in [3.8, 4) is 0 Å². The van der Waals surface area contributed by atoms with Crippen LogP contribution in [0.15, 0.2) is 23.6 Å². The maximum Gasteiger partial charge on any atom is 0.0599 e. The van der Waals surface area contributed by atoms with Gasteiger partial charge in [-0.25, -0.2) is 0 Å². The Kier molecular flexibility index (Phi) is 1.80. The predicted octanol–water partition coefficient (Wildman–Crippen LogP) is 4.21. The van der Waals surface area contributed by atoms with Crippen LogP contribution in [0, 0.1) is 0 Å². The lowest BCUT2D eigenvalue weighted by Gasteiger charge is -1.93. The molecule has 2 aromatic rings. The first-order chi connectivity index (χ1) is 5.27. The van der Waals surface area contributed by atoms with Gasteiger partial charge in [-0.15, -0.1) is 11.3 Å². The van der Waals surface area contributed by atoms with Crippen molar-refractivity contribution < 1.29 is 0 Å². The van der Waals surface area contributed by atoms with E-state index in [1.54, 1.807) is 17.4 Å². The molecule has 2 rings (SSSR count). The molecule has 0 atom stereocenters. The lowest BCUT2D eigenvalue weighted by atomic mass is 10.3. The molecule has 56 valence electrons. The number of benzene rings is 1. The molecule has 1 heterocycles. The standard InChI is InChI=1S/C8H4Cl2S/c9-6-3-5-1-2-11-8(5)7(10)4-6/h1-4H. The maximum absolute atomic E-state index is 5.93. The Morgan fingerprint density at radius 3 is 2.82 bits per heavy atom. The Labute approximate surface area is 78.4 Å². The summed E-state index contributed by atoms with van der Waals surface area (Å²) in [5.41, 5.74) is 0. The molecular formula is C8H4Cl2S. The third-order valence-corrected chi connectivity index (χ3v) is 3.06. The Morgan fingerprint density at radius 1 is 1.18 bits per heavy atom. The third-order valence-electron chi connectivity index (χ3n) is 1.47. The van der Waals surface area contributed by atoms with E-state index in [1.807, 2.05) is 17.5 Å². The van der Waals surface area contributed by atoms with Gasteiger partial charge in [0.05, 0.1) is 9.72 Å². The van der Waals surface area contributed by atoms with Gasteiger partial charge in [-0.2, -0.15) is 0 Å². The van der Waals surface area contributed by atoms with Crippen molar-refractivity contribution in [1.82, 2.24) is 0 Å². The van der Waals surface area contributed by atoms with Crippen molar-refractivity contribution in [1.29, 1.82) is 0 Å². The molecule has 0 saturated heterocycles. The summed E-state index contributed by atoms with van der Waals surface area (Å²) in [6, 6.07) is 5.69. The van der Waals surface area contributed by atoms with E-state index >= 15 is 0 Å². The topological polar surface area (TPSA) is 0 Å². The van der Waals surface area contributed by atoms with Crippen LogP contribution in [0.3, 0.4) is 0 Å². The lowest BCUT2D eigenvalue weighted by Crippen LogP contribution is -1.66. The van der Waals surface area contributed by atoms with Gasteiger partial charge in [-0.3, -0.25) is 0 Å². The molecule has 3 heteroatoms. The Bertz CT molecular complexity index is 392. The largest absolute Gasteiger partial charge is 0.142 e. The van der Waals surface area contributed by atoms with Gasteiger partial charge in [0, 0.05) is 5.02 Å². The molecule has 0 aliphatic rings. The fourth-order valence-electron chi connectivity index (χ4n) is 1.00. The fraction of sp³-hybridized carbons (Fsp3) is 0. The highest BCUT2D eigenvalue weighted by Crippen LogP contribution is 2.31. The zero-order chi connectivity index (χ0) is 7.84. The van der Waals surface area contributed by atoms with Crippen LogP contribution in [0.1, 0.15) is 0 Å². The van der Waals surface area contributed by atoms with E-state index in [9.17, 15) is 0 Å². The smallest absolute Gasteiger partial charge is 0.0599 e. The molecule has 0 N–H and O–H groups in total. The van der Waals surface area contributed by atoms with Gasteiger partial charge in [0.15, 0.2) is 0 Å². The SMILES string of the molecule is Clc1cc(Cl)c2sccc2c1. The van der Waals surface area contributed by atoms with Gasteiger partial charge in [0.1, 0.15) is 0 Å². The van der Waals surface area contributed by atoms with Crippen LogP contribution in [0.2, 0.25) is 10.0 Å². The summed E-state index contributed by atoms with van der Waals surface area (Å²) < 4.78 is 1.11. The molecule has 0 fully saturated rings. The van der Waals surface area contributed by atoms with Crippen LogP contribution in [-0.2, 0) is 0 Å². The van der Waals surface area contributed by atoms with Crippen molar-refractivity contribution in [3.05, 3.63) is 33.6 Å². The first-order valence-corrected chi connectivity index (χ1v) is 4.73. The summed E-state index contributed by atoms with van der Waals surface area (Å²) in [6.07, 6.45) is 0. The molecule has 11 heavy (non-hydrogen) atoms. The molecule has 0 spiro atoms. The highest BCUT2D eigenvalue weighted by Gasteiger charge is 2.00. The van der Waals surface area contributed by atoms with Gasteiger partial charge in [-0.1, -0.05) is 23.2 Å². The van der Waals surface area contributed by atoms with Crippen molar-refractivity contribution in [2.24, 2.45) is 0 Å². The molecule has 0 radical (unpaired) electrons. The molecule has 0 saturated carbocycles. The van der Waals surface area contributed by atoms with Crippen molar-refractivity contribution in [2.75, 3.05) is 0 Å². The second-order valence-corrected chi connectivity index (χ2v) is 3.99. The van der Waals surface area contributed by atoms with E-state index in [1.165, 1.54) is 0 Å². The minimum atomic E-state index is 0.695. The van der Waals surface area contributed by atoms with Gasteiger partial charge >= 0.3 is 0 Å². The average Bonchev–Trinajstić information content (AvgIpc) is 2.34. The zero-order valence-corrected chi connectivity index (χ0v) is 7.80. The minimum Gasteiger partial charge on any atom is -0.142 e. The molecule has 0 nitrogen and oxygen atoms in total. The lowest BCUT2D eigenvalue weighted by molar-refractivity contribution is 1.84. The molecular weight excluding hydrogens is 199 g/mol. The third kappa shape index (κ3) is 1.24. The number of hydrogen-bond acceptors (Lipinski definition) is 1. The monoisotopic (exact) mass is 202 g/mol. The van der Waals surface area contributed by atoms with Gasteiger partial charge in [0.2, 0.25) is 0 Å². The fourth-order valence-corrected chi connectivity index (χ4v) is 2.43. The van der Waals surface area contributed by atoms with Crippen LogP contribution < -0.4 is 0 Å². The molecule has 0 bridgehead atoms. The molecule has 0 amide bonds. The Hall–Kier alpha value is -0.240.